The van der Waals surface area contributed by atoms with E-state index in [9.17, 15) is 13.2 Å². The number of fused-ring (bicyclic) bond motifs is 1. The van der Waals surface area contributed by atoms with E-state index < -0.39 is 9.84 Å². The van der Waals surface area contributed by atoms with Gasteiger partial charge >= 0.3 is 0 Å². The number of thiazole rings is 1. The molecule has 0 saturated carbocycles. The van der Waals surface area contributed by atoms with Crippen LogP contribution in [0.3, 0.4) is 0 Å². The minimum absolute atomic E-state index is 0.0994. The van der Waals surface area contributed by atoms with E-state index in [0.29, 0.717) is 22.6 Å². The number of para-hydroxylation sites is 1. The van der Waals surface area contributed by atoms with E-state index >= 15 is 0 Å². The van der Waals surface area contributed by atoms with Crippen LogP contribution in [0.2, 0.25) is 0 Å². The third kappa shape index (κ3) is 4.72. The summed E-state index contributed by atoms with van der Waals surface area (Å²) in [5.74, 6) is 0.876. The largest absolute Gasteiger partial charge is 0.457 e. The first-order valence-corrected chi connectivity index (χ1v) is 11.7. The number of rotatable bonds is 6. The molecule has 2 aromatic carbocycles. The molecule has 4 rings (SSSR count). The van der Waals surface area contributed by atoms with Crippen LogP contribution in [0.15, 0.2) is 65.1 Å². The van der Waals surface area contributed by atoms with Gasteiger partial charge in [0.25, 0.3) is 5.91 Å². The molecule has 1 N–H and O–H groups in total. The van der Waals surface area contributed by atoms with Crippen LogP contribution >= 0.6 is 11.3 Å². The summed E-state index contributed by atoms with van der Waals surface area (Å²) in [4.78, 5) is 17.0. The fraction of sp³-hybridized carbons (Fsp3) is 0.143. The van der Waals surface area contributed by atoms with Crippen molar-refractivity contribution >= 4 is 37.3 Å². The van der Waals surface area contributed by atoms with Crippen LogP contribution in [-0.4, -0.2) is 25.6 Å². The minimum atomic E-state index is -3.16. The Labute approximate surface area is 172 Å². The lowest BCUT2D eigenvalue weighted by atomic mass is 10.1. The van der Waals surface area contributed by atoms with Crippen LogP contribution in [0, 0.1) is 0 Å². The van der Waals surface area contributed by atoms with Crippen molar-refractivity contribution in [3.05, 3.63) is 77.6 Å². The second kappa shape index (κ2) is 7.81. The molecular weight excluding hydrogens is 408 g/mol. The summed E-state index contributed by atoms with van der Waals surface area (Å²) >= 11 is 1.55. The maximum absolute atomic E-state index is 12.4. The highest BCUT2D eigenvalue weighted by molar-refractivity contribution is 7.89. The summed E-state index contributed by atoms with van der Waals surface area (Å²) in [6, 6.07) is 18.1. The Kier molecular flexibility index (Phi) is 5.21. The summed E-state index contributed by atoms with van der Waals surface area (Å²) < 4.78 is 29.8. The molecule has 0 aliphatic heterocycles. The summed E-state index contributed by atoms with van der Waals surface area (Å²) in [5, 5.41) is 3.59. The van der Waals surface area contributed by atoms with Crippen LogP contribution in [0.5, 0.6) is 0 Å². The van der Waals surface area contributed by atoms with Gasteiger partial charge < -0.3 is 9.73 Å². The number of carbonyl (C=O) groups excluding carboxylic acids is 1. The van der Waals surface area contributed by atoms with Crippen LogP contribution in [0.4, 0.5) is 0 Å². The van der Waals surface area contributed by atoms with Gasteiger partial charge in [-0.2, -0.15) is 0 Å². The zero-order valence-electron chi connectivity index (χ0n) is 15.6. The first-order valence-electron chi connectivity index (χ1n) is 8.87. The fourth-order valence-corrected chi connectivity index (χ4v) is 4.65. The van der Waals surface area contributed by atoms with Crippen molar-refractivity contribution in [3.8, 4) is 10.8 Å². The minimum Gasteiger partial charge on any atom is -0.457 e. The van der Waals surface area contributed by atoms with Gasteiger partial charge in [-0.15, -0.1) is 11.3 Å². The van der Waals surface area contributed by atoms with Crippen LogP contribution in [0.1, 0.15) is 21.7 Å². The highest BCUT2D eigenvalue weighted by atomic mass is 32.2. The third-order valence-electron chi connectivity index (χ3n) is 4.21. The molecule has 2 aromatic heterocycles. The smallest absolute Gasteiger partial charge is 0.251 e. The second-order valence-electron chi connectivity index (χ2n) is 6.71. The van der Waals surface area contributed by atoms with Crippen molar-refractivity contribution in [1.82, 2.24) is 10.3 Å². The number of sulfone groups is 1. The van der Waals surface area contributed by atoms with Gasteiger partial charge in [0.1, 0.15) is 5.76 Å². The molecule has 6 nitrogen and oxygen atoms in total. The molecule has 4 aromatic rings. The van der Waals surface area contributed by atoms with Gasteiger partial charge in [-0.05, 0) is 42.0 Å². The number of benzene rings is 2. The Balaban J connectivity index is 1.43. The second-order valence-corrected chi connectivity index (χ2v) is 9.88. The molecule has 0 fully saturated rings. The quantitative estimate of drug-likeness (QED) is 0.503. The Morgan fingerprint density at radius 3 is 2.72 bits per heavy atom. The van der Waals surface area contributed by atoms with E-state index in [1.54, 1.807) is 35.6 Å². The Morgan fingerprint density at radius 1 is 1.10 bits per heavy atom. The summed E-state index contributed by atoms with van der Waals surface area (Å²) in [7, 11) is -3.16. The van der Waals surface area contributed by atoms with Gasteiger partial charge in [-0.3, -0.25) is 4.79 Å². The van der Waals surface area contributed by atoms with Crippen molar-refractivity contribution < 1.29 is 17.6 Å². The highest BCUT2D eigenvalue weighted by Crippen LogP contribution is 2.31. The average Bonchev–Trinajstić information content (AvgIpc) is 3.31. The topological polar surface area (TPSA) is 89.3 Å². The van der Waals surface area contributed by atoms with Crippen molar-refractivity contribution in [2.45, 2.75) is 12.3 Å². The molecule has 0 aliphatic rings. The zero-order chi connectivity index (χ0) is 20.4. The number of hydrogen-bond donors (Lipinski definition) is 1. The zero-order valence-corrected chi connectivity index (χ0v) is 17.2. The molecule has 29 heavy (non-hydrogen) atoms. The molecule has 2 heterocycles. The first-order chi connectivity index (χ1) is 13.9. The number of nitrogens with zero attached hydrogens (tertiary/aromatic N) is 1. The van der Waals surface area contributed by atoms with E-state index in [4.69, 9.17) is 4.42 Å². The van der Waals surface area contributed by atoms with Crippen molar-refractivity contribution in [3.63, 3.8) is 0 Å². The first kappa shape index (κ1) is 19.4. The maximum Gasteiger partial charge on any atom is 0.251 e. The Hall–Kier alpha value is -2.97. The lowest BCUT2D eigenvalue weighted by molar-refractivity contribution is 0.0948. The molecule has 0 saturated heterocycles. The molecule has 1 amide bonds. The van der Waals surface area contributed by atoms with Gasteiger partial charge in [0, 0.05) is 11.8 Å². The molecule has 0 spiro atoms. The lowest BCUT2D eigenvalue weighted by Crippen LogP contribution is -2.22. The van der Waals surface area contributed by atoms with Gasteiger partial charge in [0.2, 0.25) is 0 Å². The Morgan fingerprint density at radius 2 is 1.93 bits per heavy atom. The van der Waals surface area contributed by atoms with Gasteiger partial charge in [0.15, 0.2) is 20.6 Å². The van der Waals surface area contributed by atoms with Crippen molar-refractivity contribution in [2.24, 2.45) is 0 Å². The predicted molar refractivity (Wildman–Crippen MR) is 113 cm³/mol. The summed E-state index contributed by atoms with van der Waals surface area (Å²) in [6.07, 6.45) is 1.17. The Bertz CT molecular complexity index is 1260. The van der Waals surface area contributed by atoms with Gasteiger partial charge in [0.05, 0.1) is 22.5 Å². The number of furan rings is 1. The molecular formula is C21H18N2O4S2. The van der Waals surface area contributed by atoms with E-state index in [0.717, 1.165) is 15.2 Å². The van der Waals surface area contributed by atoms with Crippen molar-refractivity contribution in [1.29, 1.82) is 0 Å². The molecule has 8 heteroatoms. The number of amides is 1. The molecule has 0 radical (unpaired) electrons. The molecule has 0 atom stereocenters. The van der Waals surface area contributed by atoms with Crippen LogP contribution < -0.4 is 5.32 Å². The number of nitrogens with one attached hydrogen (secondary N) is 1. The SMILES string of the molecule is CS(=O)(=O)Cc1cccc(C(=O)NCc2ccc(-c3nc4ccccc4s3)o2)c1. The van der Waals surface area contributed by atoms with Crippen molar-refractivity contribution in [2.75, 3.05) is 6.26 Å². The molecule has 148 valence electrons. The van der Waals surface area contributed by atoms with E-state index in [-0.39, 0.29) is 18.2 Å². The third-order valence-corrected chi connectivity index (χ3v) is 6.12. The summed E-state index contributed by atoms with van der Waals surface area (Å²) in [6.45, 7) is 0.222. The normalized spacial score (nSPS) is 11.6. The monoisotopic (exact) mass is 426 g/mol. The molecule has 0 aliphatic carbocycles. The maximum atomic E-state index is 12.4. The van der Waals surface area contributed by atoms with Gasteiger partial charge in [-0.25, -0.2) is 13.4 Å². The fourth-order valence-electron chi connectivity index (χ4n) is 2.94. The number of carbonyl (C=O) groups is 1. The highest BCUT2D eigenvalue weighted by Gasteiger charge is 2.13. The molecule has 0 unspecified atom stereocenters. The van der Waals surface area contributed by atoms with Gasteiger partial charge in [-0.1, -0.05) is 24.3 Å². The number of hydrogen-bond acceptors (Lipinski definition) is 6. The van der Waals surface area contributed by atoms with E-state index in [1.165, 1.54) is 6.26 Å². The number of aromatic nitrogens is 1. The predicted octanol–water partition coefficient (Wildman–Crippen LogP) is 4.03. The van der Waals surface area contributed by atoms with Crippen LogP contribution in [0.25, 0.3) is 21.0 Å². The standard InChI is InChI=1S/C21H18N2O4S2/c1-29(25,26)13-14-5-4-6-15(11-14)20(24)22-12-16-9-10-18(27-16)21-23-17-7-2-3-8-19(17)28-21/h2-11H,12-13H2,1H3,(H,22,24). The van der Waals surface area contributed by atoms with E-state index in [2.05, 4.69) is 10.3 Å². The van der Waals surface area contributed by atoms with Crippen LogP contribution in [-0.2, 0) is 22.1 Å². The lowest BCUT2D eigenvalue weighted by Gasteiger charge is -2.05. The average molecular weight is 427 g/mol. The summed E-state index contributed by atoms with van der Waals surface area (Å²) in [5.41, 5.74) is 1.91. The molecule has 0 bridgehead atoms. The van der Waals surface area contributed by atoms with E-state index in [1.807, 2.05) is 36.4 Å².